The third-order valence-electron chi connectivity index (χ3n) is 4.04. The van der Waals surface area contributed by atoms with Crippen LogP contribution in [0.1, 0.15) is 5.56 Å². The third kappa shape index (κ3) is 4.10. The summed E-state index contributed by atoms with van der Waals surface area (Å²) in [5.74, 6) is 1.55. The van der Waals surface area contributed by atoms with Crippen LogP contribution in [-0.2, 0) is 5.75 Å². The molecule has 1 aromatic heterocycles. The first-order chi connectivity index (χ1) is 13.2. The van der Waals surface area contributed by atoms with Gasteiger partial charge in [-0.15, -0.1) is 10.2 Å². The van der Waals surface area contributed by atoms with E-state index in [1.165, 1.54) is 5.56 Å². The zero-order valence-electron chi connectivity index (χ0n) is 14.2. The number of hydrogen-bond acceptors (Lipinski definition) is 3. The van der Waals surface area contributed by atoms with E-state index < -0.39 is 0 Å². The second-order valence-corrected chi connectivity index (χ2v) is 8.14. The molecule has 6 heteroatoms. The van der Waals surface area contributed by atoms with Gasteiger partial charge in [0.05, 0.1) is 5.02 Å². The van der Waals surface area contributed by atoms with E-state index in [0.717, 1.165) is 32.5 Å². The Bertz CT molecular complexity index is 1050. The molecule has 0 bridgehead atoms. The molecule has 0 amide bonds. The molecule has 0 aliphatic rings. The van der Waals surface area contributed by atoms with Crippen LogP contribution < -0.4 is 0 Å². The molecule has 0 aliphatic carbocycles. The van der Waals surface area contributed by atoms with Gasteiger partial charge >= 0.3 is 0 Å². The molecule has 0 saturated carbocycles. The first-order valence-corrected chi connectivity index (χ1v) is 10.5. The Kier molecular flexibility index (Phi) is 5.62. The summed E-state index contributed by atoms with van der Waals surface area (Å²) in [6, 6.07) is 26.1. The van der Waals surface area contributed by atoms with Gasteiger partial charge in [-0.2, -0.15) is 0 Å². The SMILES string of the molecule is Clc1ccccc1-c1nnc(SCc2ccc(Br)cc2)n1-c1ccccc1. The highest BCUT2D eigenvalue weighted by Crippen LogP contribution is 2.32. The molecule has 0 saturated heterocycles. The number of benzene rings is 3. The lowest BCUT2D eigenvalue weighted by molar-refractivity contribution is 0.886. The van der Waals surface area contributed by atoms with E-state index in [1.807, 2.05) is 66.7 Å². The minimum atomic E-state index is 0.659. The standard InChI is InChI=1S/C21H15BrClN3S/c22-16-12-10-15(11-13-16)14-27-21-25-24-20(18-8-4-5-9-19(18)23)26(21)17-6-2-1-3-7-17/h1-13H,14H2. The van der Waals surface area contributed by atoms with Crippen molar-refractivity contribution >= 4 is 39.3 Å². The van der Waals surface area contributed by atoms with Crippen molar-refractivity contribution in [2.24, 2.45) is 0 Å². The Labute approximate surface area is 175 Å². The molecule has 4 rings (SSSR count). The Morgan fingerprint density at radius 2 is 1.56 bits per heavy atom. The lowest BCUT2D eigenvalue weighted by Crippen LogP contribution is -2.00. The molecule has 0 aliphatic heterocycles. The summed E-state index contributed by atoms with van der Waals surface area (Å²) in [4.78, 5) is 0. The van der Waals surface area contributed by atoms with Gasteiger partial charge in [0.1, 0.15) is 0 Å². The van der Waals surface area contributed by atoms with Crippen LogP contribution in [0.25, 0.3) is 17.1 Å². The molecule has 1 heterocycles. The Morgan fingerprint density at radius 1 is 0.852 bits per heavy atom. The van der Waals surface area contributed by atoms with E-state index >= 15 is 0 Å². The van der Waals surface area contributed by atoms with E-state index in [0.29, 0.717) is 5.02 Å². The lowest BCUT2D eigenvalue weighted by atomic mass is 10.2. The summed E-state index contributed by atoms with van der Waals surface area (Å²) >= 11 is 11.5. The summed E-state index contributed by atoms with van der Waals surface area (Å²) in [6.07, 6.45) is 0. The molecular weight excluding hydrogens is 442 g/mol. The minimum absolute atomic E-state index is 0.659. The number of thioether (sulfide) groups is 1. The van der Waals surface area contributed by atoms with E-state index in [4.69, 9.17) is 11.6 Å². The van der Waals surface area contributed by atoms with Gasteiger partial charge in [-0.05, 0) is 42.0 Å². The lowest BCUT2D eigenvalue weighted by Gasteiger charge is -2.11. The van der Waals surface area contributed by atoms with Crippen LogP contribution in [0.15, 0.2) is 88.5 Å². The number of nitrogens with zero attached hydrogens (tertiary/aromatic N) is 3. The maximum atomic E-state index is 6.42. The summed E-state index contributed by atoms with van der Waals surface area (Å²) in [6.45, 7) is 0. The van der Waals surface area contributed by atoms with Gasteiger partial charge in [-0.25, -0.2) is 0 Å². The highest BCUT2D eigenvalue weighted by atomic mass is 79.9. The third-order valence-corrected chi connectivity index (χ3v) is 5.90. The molecule has 27 heavy (non-hydrogen) atoms. The largest absolute Gasteiger partial charge is 0.270 e. The molecule has 0 spiro atoms. The Hall–Kier alpha value is -2.08. The Morgan fingerprint density at radius 3 is 2.30 bits per heavy atom. The Balaban J connectivity index is 1.73. The molecule has 134 valence electrons. The maximum absolute atomic E-state index is 6.42. The van der Waals surface area contributed by atoms with Crippen molar-refractivity contribution < 1.29 is 0 Å². The van der Waals surface area contributed by atoms with E-state index in [1.54, 1.807) is 11.8 Å². The summed E-state index contributed by atoms with van der Waals surface area (Å²) in [5.41, 5.74) is 3.10. The van der Waals surface area contributed by atoms with Gasteiger partial charge < -0.3 is 0 Å². The zero-order chi connectivity index (χ0) is 18.6. The molecule has 0 N–H and O–H groups in total. The van der Waals surface area contributed by atoms with Gasteiger partial charge in [0.15, 0.2) is 11.0 Å². The van der Waals surface area contributed by atoms with Crippen molar-refractivity contribution in [1.29, 1.82) is 0 Å². The van der Waals surface area contributed by atoms with Gasteiger partial charge in [0, 0.05) is 21.5 Å². The molecule has 0 atom stereocenters. The van der Waals surface area contributed by atoms with Crippen molar-refractivity contribution in [3.8, 4) is 17.1 Å². The van der Waals surface area contributed by atoms with Crippen LogP contribution in [0, 0.1) is 0 Å². The van der Waals surface area contributed by atoms with Gasteiger partial charge in [0.25, 0.3) is 0 Å². The normalized spacial score (nSPS) is 10.9. The predicted octanol–water partition coefficient (Wildman–Crippen LogP) is 6.64. The quantitative estimate of drug-likeness (QED) is 0.315. The van der Waals surface area contributed by atoms with Gasteiger partial charge in [-0.1, -0.05) is 81.8 Å². The second-order valence-electron chi connectivity index (χ2n) is 5.87. The van der Waals surface area contributed by atoms with Crippen molar-refractivity contribution in [2.75, 3.05) is 0 Å². The summed E-state index contributed by atoms with van der Waals surface area (Å²) < 4.78 is 3.13. The first kappa shape index (κ1) is 18.3. The fourth-order valence-corrected chi connectivity index (χ4v) is 4.11. The predicted molar refractivity (Wildman–Crippen MR) is 116 cm³/mol. The van der Waals surface area contributed by atoms with Crippen molar-refractivity contribution in [2.45, 2.75) is 10.9 Å². The van der Waals surface area contributed by atoms with Crippen LogP contribution >= 0.6 is 39.3 Å². The van der Waals surface area contributed by atoms with Crippen molar-refractivity contribution in [3.63, 3.8) is 0 Å². The minimum Gasteiger partial charge on any atom is -0.270 e. The smallest absolute Gasteiger partial charge is 0.196 e. The van der Waals surface area contributed by atoms with Crippen LogP contribution in [0.4, 0.5) is 0 Å². The average molecular weight is 457 g/mol. The number of rotatable bonds is 5. The van der Waals surface area contributed by atoms with Crippen LogP contribution in [0.3, 0.4) is 0 Å². The highest BCUT2D eigenvalue weighted by molar-refractivity contribution is 9.10. The molecular formula is C21H15BrClN3S. The molecule has 3 nitrogen and oxygen atoms in total. The highest BCUT2D eigenvalue weighted by Gasteiger charge is 2.17. The average Bonchev–Trinajstić information content (AvgIpc) is 3.12. The number of hydrogen-bond donors (Lipinski definition) is 0. The van der Waals surface area contributed by atoms with Gasteiger partial charge in [-0.3, -0.25) is 4.57 Å². The van der Waals surface area contributed by atoms with Crippen LogP contribution in [-0.4, -0.2) is 14.8 Å². The van der Waals surface area contributed by atoms with Gasteiger partial charge in [0.2, 0.25) is 0 Å². The number of aromatic nitrogens is 3. The first-order valence-electron chi connectivity index (χ1n) is 8.35. The van der Waals surface area contributed by atoms with Crippen LogP contribution in [0.5, 0.6) is 0 Å². The number of para-hydroxylation sites is 1. The van der Waals surface area contributed by atoms with Crippen molar-refractivity contribution in [1.82, 2.24) is 14.8 Å². The molecule has 0 fully saturated rings. The molecule has 0 radical (unpaired) electrons. The second kappa shape index (κ2) is 8.30. The van der Waals surface area contributed by atoms with E-state index in [-0.39, 0.29) is 0 Å². The maximum Gasteiger partial charge on any atom is 0.196 e. The van der Waals surface area contributed by atoms with Crippen molar-refractivity contribution in [3.05, 3.63) is 93.9 Å². The summed E-state index contributed by atoms with van der Waals surface area (Å²) in [7, 11) is 0. The van der Waals surface area contributed by atoms with E-state index in [9.17, 15) is 0 Å². The zero-order valence-corrected chi connectivity index (χ0v) is 17.4. The fourth-order valence-electron chi connectivity index (χ4n) is 2.72. The number of halogens is 2. The molecule has 4 aromatic rings. The molecule has 3 aromatic carbocycles. The monoisotopic (exact) mass is 455 g/mol. The molecule has 0 unspecified atom stereocenters. The fraction of sp³-hybridized carbons (Fsp3) is 0.0476. The van der Waals surface area contributed by atoms with E-state index in [2.05, 4.69) is 42.8 Å². The summed E-state index contributed by atoms with van der Waals surface area (Å²) in [5, 5.41) is 10.4. The van der Waals surface area contributed by atoms with Crippen LogP contribution in [0.2, 0.25) is 5.02 Å². The topological polar surface area (TPSA) is 30.7 Å².